The molecular formula is C10H16N4O3S. The Morgan fingerprint density at radius 1 is 1.56 bits per heavy atom. The van der Waals surface area contributed by atoms with Gasteiger partial charge in [0.05, 0.1) is 5.75 Å². The Balaban J connectivity index is 2.83. The molecule has 0 saturated heterocycles. The number of pyridine rings is 1. The number of amidine groups is 1. The fourth-order valence-corrected chi connectivity index (χ4v) is 1.85. The third kappa shape index (κ3) is 4.21. The third-order valence-electron chi connectivity index (χ3n) is 2.29. The first kappa shape index (κ1) is 14.2. The van der Waals surface area contributed by atoms with Crippen molar-refractivity contribution in [3.05, 3.63) is 23.9 Å². The largest absolute Gasteiger partial charge is 0.409 e. The van der Waals surface area contributed by atoms with Crippen LogP contribution in [0.1, 0.15) is 5.69 Å². The highest BCUT2D eigenvalue weighted by atomic mass is 32.2. The summed E-state index contributed by atoms with van der Waals surface area (Å²) in [5.41, 5.74) is 5.76. The van der Waals surface area contributed by atoms with Crippen LogP contribution in [0.25, 0.3) is 0 Å². The maximum absolute atomic E-state index is 11.1. The van der Waals surface area contributed by atoms with E-state index in [2.05, 4.69) is 10.1 Å². The summed E-state index contributed by atoms with van der Waals surface area (Å²) in [6.07, 6.45) is 1.18. The Morgan fingerprint density at radius 2 is 2.22 bits per heavy atom. The van der Waals surface area contributed by atoms with Crippen molar-refractivity contribution < 1.29 is 13.6 Å². The van der Waals surface area contributed by atoms with E-state index in [-0.39, 0.29) is 11.6 Å². The molecule has 1 aromatic rings. The Hall–Kier alpha value is -1.83. The quantitative estimate of drug-likeness (QED) is 0.328. The van der Waals surface area contributed by atoms with Crippen LogP contribution in [0.15, 0.2) is 23.4 Å². The maximum atomic E-state index is 11.1. The summed E-state index contributed by atoms with van der Waals surface area (Å²) >= 11 is 0. The van der Waals surface area contributed by atoms with Gasteiger partial charge in [-0.2, -0.15) is 0 Å². The topological polar surface area (TPSA) is 109 Å². The first-order chi connectivity index (χ1) is 8.33. The minimum Gasteiger partial charge on any atom is -0.409 e. The average molecular weight is 272 g/mol. The van der Waals surface area contributed by atoms with Gasteiger partial charge in [0.1, 0.15) is 21.3 Å². The van der Waals surface area contributed by atoms with Crippen molar-refractivity contribution in [1.29, 1.82) is 0 Å². The Kier molecular flexibility index (Phi) is 4.49. The number of nitrogens with two attached hydrogens (primary N) is 1. The van der Waals surface area contributed by atoms with E-state index in [9.17, 15) is 8.42 Å². The second-order valence-corrected chi connectivity index (χ2v) is 6.18. The van der Waals surface area contributed by atoms with Gasteiger partial charge in [0.25, 0.3) is 0 Å². The van der Waals surface area contributed by atoms with E-state index in [0.717, 1.165) is 0 Å². The minimum absolute atomic E-state index is 0.0407. The third-order valence-corrected chi connectivity index (χ3v) is 3.22. The van der Waals surface area contributed by atoms with Crippen LogP contribution in [-0.2, 0) is 9.84 Å². The lowest BCUT2D eigenvalue weighted by molar-refractivity contribution is 0.318. The van der Waals surface area contributed by atoms with Gasteiger partial charge in [0.2, 0.25) is 0 Å². The van der Waals surface area contributed by atoms with E-state index < -0.39 is 9.84 Å². The van der Waals surface area contributed by atoms with Gasteiger partial charge in [-0.25, -0.2) is 13.4 Å². The van der Waals surface area contributed by atoms with Gasteiger partial charge in [-0.3, -0.25) is 0 Å². The molecule has 7 nitrogen and oxygen atoms in total. The second-order valence-electron chi connectivity index (χ2n) is 3.92. The summed E-state index contributed by atoms with van der Waals surface area (Å²) < 4.78 is 22.1. The van der Waals surface area contributed by atoms with Crippen LogP contribution in [0.5, 0.6) is 0 Å². The molecule has 0 unspecified atom stereocenters. The van der Waals surface area contributed by atoms with Crippen LogP contribution in [0.4, 0.5) is 5.82 Å². The highest BCUT2D eigenvalue weighted by molar-refractivity contribution is 7.90. The van der Waals surface area contributed by atoms with Crippen LogP contribution in [-0.4, -0.2) is 50.0 Å². The fraction of sp³-hybridized carbons (Fsp3) is 0.400. The van der Waals surface area contributed by atoms with Crippen molar-refractivity contribution in [2.75, 3.05) is 30.5 Å². The molecule has 0 bridgehead atoms. The highest BCUT2D eigenvalue weighted by Gasteiger charge is 2.09. The SMILES string of the molecule is CN(CCS(C)(=O)=O)c1cccc(C(N)=NO)n1. The lowest BCUT2D eigenvalue weighted by atomic mass is 10.3. The van der Waals surface area contributed by atoms with Crippen LogP contribution >= 0.6 is 0 Å². The van der Waals surface area contributed by atoms with E-state index in [1.165, 1.54) is 6.26 Å². The number of hydrogen-bond donors (Lipinski definition) is 2. The van der Waals surface area contributed by atoms with Gasteiger partial charge in [0.15, 0.2) is 5.84 Å². The van der Waals surface area contributed by atoms with Gasteiger partial charge in [-0.15, -0.1) is 0 Å². The van der Waals surface area contributed by atoms with Gasteiger partial charge in [-0.05, 0) is 12.1 Å². The Labute approximate surface area is 106 Å². The number of nitrogens with zero attached hydrogens (tertiary/aromatic N) is 3. The monoisotopic (exact) mass is 272 g/mol. The molecule has 0 saturated carbocycles. The summed E-state index contributed by atoms with van der Waals surface area (Å²) in [4.78, 5) is 5.85. The standard InChI is InChI=1S/C10H16N4O3S/c1-14(6-7-18(2,16)17)9-5-3-4-8(12-9)10(11)13-15/h3-5,15H,6-7H2,1-2H3,(H2,11,13). The van der Waals surface area contributed by atoms with Gasteiger partial charge in [0, 0.05) is 19.8 Å². The predicted molar refractivity (Wildman–Crippen MR) is 69.7 cm³/mol. The normalized spacial score (nSPS) is 12.4. The number of rotatable bonds is 5. The molecule has 1 heterocycles. The lowest BCUT2D eigenvalue weighted by Gasteiger charge is -2.17. The molecule has 0 atom stereocenters. The highest BCUT2D eigenvalue weighted by Crippen LogP contribution is 2.09. The van der Waals surface area contributed by atoms with E-state index in [4.69, 9.17) is 10.9 Å². The number of aromatic nitrogens is 1. The summed E-state index contributed by atoms with van der Waals surface area (Å²) in [6.45, 7) is 0.325. The van der Waals surface area contributed by atoms with Crippen molar-refractivity contribution in [1.82, 2.24) is 4.98 Å². The van der Waals surface area contributed by atoms with Gasteiger partial charge in [-0.1, -0.05) is 11.2 Å². The molecule has 0 aromatic carbocycles. The first-order valence-corrected chi connectivity index (χ1v) is 7.23. The molecule has 0 aliphatic heterocycles. The Bertz CT molecular complexity index is 542. The molecule has 3 N–H and O–H groups in total. The zero-order chi connectivity index (χ0) is 13.8. The molecule has 8 heteroatoms. The summed E-state index contributed by atoms with van der Waals surface area (Å²) in [6, 6.07) is 5.02. The number of anilines is 1. The van der Waals surface area contributed by atoms with Crippen molar-refractivity contribution >= 4 is 21.5 Å². The number of sulfone groups is 1. The Morgan fingerprint density at radius 3 is 2.78 bits per heavy atom. The summed E-state index contributed by atoms with van der Waals surface area (Å²) in [7, 11) is -1.29. The number of oxime groups is 1. The van der Waals surface area contributed by atoms with Crippen LogP contribution < -0.4 is 10.6 Å². The van der Waals surface area contributed by atoms with Crippen LogP contribution in [0.3, 0.4) is 0 Å². The van der Waals surface area contributed by atoms with Crippen molar-refractivity contribution in [2.45, 2.75) is 0 Å². The summed E-state index contributed by atoms with van der Waals surface area (Å²) in [5.74, 6) is 0.509. The van der Waals surface area contributed by atoms with E-state index in [1.807, 2.05) is 0 Å². The van der Waals surface area contributed by atoms with E-state index >= 15 is 0 Å². The lowest BCUT2D eigenvalue weighted by Crippen LogP contribution is -2.26. The zero-order valence-electron chi connectivity index (χ0n) is 10.2. The average Bonchev–Trinajstić information content (AvgIpc) is 2.34. The summed E-state index contributed by atoms with van der Waals surface area (Å²) in [5, 5.41) is 11.4. The van der Waals surface area contributed by atoms with Crippen LogP contribution in [0, 0.1) is 0 Å². The molecule has 0 aliphatic carbocycles. The van der Waals surface area contributed by atoms with E-state index in [1.54, 1.807) is 30.1 Å². The molecule has 100 valence electrons. The zero-order valence-corrected chi connectivity index (χ0v) is 11.1. The molecular weight excluding hydrogens is 256 g/mol. The first-order valence-electron chi connectivity index (χ1n) is 5.17. The predicted octanol–water partition coefficient (Wildman–Crippen LogP) is -0.343. The van der Waals surface area contributed by atoms with Crippen LogP contribution in [0.2, 0.25) is 0 Å². The molecule has 1 rings (SSSR count). The maximum Gasteiger partial charge on any atom is 0.188 e. The smallest absolute Gasteiger partial charge is 0.188 e. The second kappa shape index (κ2) is 5.67. The van der Waals surface area contributed by atoms with E-state index in [0.29, 0.717) is 18.1 Å². The van der Waals surface area contributed by atoms with Crippen molar-refractivity contribution in [2.24, 2.45) is 10.9 Å². The van der Waals surface area contributed by atoms with Crippen molar-refractivity contribution in [3.8, 4) is 0 Å². The molecule has 0 aliphatic rings. The molecule has 0 spiro atoms. The molecule has 1 aromatic heterocycles. The minimum atomic E-state index is -3.02. The molecule has 0 radical (unpaired) electrons. The van der Waals surface area contributed by atoms with Gasteiger partial charge < -0.3 is 15.8 Å². The molecule has 18 heavy (non-hydrogen) atoms. The molecule has 0 amide bonds. The fourth-order valence-electron chi connectivity index (χ4n) is 1.25. The van der Waals surface area contributed by atoms with Crippen molar-refractivity contribution in [3.63, 3.8) is 0 Å². The van der Waals surface area contributed by atoms with Gasteiger partial charge >= 0.3 is 0 Å². The number of hydrogen-bond acceptors (Lipinski definition) is 6. The molecule has 0 fully saturated rings.